The highest BCUT2D eigenvalue weighted by molar-refractivity contribution is 6.30. The normalized spacial score (nSPS) is 24.0. The average molecular weight is 411 g/mol. The zero-order valence-corrected chi connectivity index (χ0v) is 16.8. The van der Waals surface area contributed by atoms with Crippen molar-refractivity contribution in [3.8, 4) is 0 Å². The second kappa shape index (κ2) is 8.39. The van der Waals surface area contributed by atoms with Gasteiger partial charge in [-0.05, 0) is 48.7 Å². The third kappa shape index (κ3) is 4.07. The minimum absolute atomic E-state index is 0.0360. The van der Waals surface area contributed by atoms with Gasteiger partial charge < -0.3 is 10.1 Å². The summed E-state index contributed by atoms with van der Waals surface area (Å²) in [6.45, 7) is 1.18. The van der Waals surface area contributed by atoms with Crippen LogP contribution < -0.4 is 10.2 Å². The summed E-state index contributed by atoms with van der Waals surface area (Å²) in [5, 5.41) is 3.58. The van der Waals surface area contributed by atoms with Gasteiger partial charge in [-0.1, -0.05) is 48.0 Å². The first-order valence-electron chi connectivity index (χ1n) is 9.81. The van der Waals surface area contributed by atoms with Crippen LogP contribution in [0, 0.1) is 0 Å². The Balaban J connectivity index is 1.62. The largest absolute Gasteiger partial charge is 0.376 e. The maximum atomic E-state index is 13.3. The summed E-state index contributed by atoms with van der Waals surface area (Å²) >= 11 is 6.00. The minimum Gasteiger partial charge on any atom is -0.376 e. The van der Waals surface area contributed by atoms with Crippen LogP contribution in [0.3, 0.4) is 0 Å². The van der Waals surface area contributed by atoms with Gasteiger partial charge in [0.1, 0.15) is 0 Å². The lowest BCUT2D eigenvalue weighted by molar-refractivity contribution is -0.137. The summed E-state index contributed by atoms with van der Waals surface area (Å²) < 4.78 is 5.61. The van der Waals surface area contributed by atoms with Crippen LogP contribution in [-0.4, -0.2) is 36.6 Å². The summed E-state index contributed by atoms with van der Waals surface area (Å²) in [7, 11) is 0. The SMILES string of the molecule is O=C1C[C@](/C=C/c2ccccc2)(C(=O)NC[C@H]2CCCO2)N1c1ccc(Cl)cc1. The summed E-state index contributed by atoms with van der Waals surface area (Å²) in [5.41, 5.74) is 0.546. The van der Waals surface area contributed by atoms with Gasteiger partial charge >= 0.3 is 0 Å². The van der Waals surface area contributed by atoms with E-state index >= 15 is 0 Å². The third-order valence-electron chi connectivity index (χ3n) is 5.41. The molecular weight excluding hydrogens is 388 g/mol. The Labute approximate surface area is 175 Å². The number of nitrogens with zero attached hydrogens (tertiary/aromatic N) is 1. The van der Waals surface area contributed by atoms with Gasteiger partial charge in [0.25, 0.3) is 5.91 Å². The first-order chi connectivity index (χ1) is 14.1. The Morgan fingerprint density at radius 3 is 2.62 bits per heavy atom. The number of nitrogens with one attached hydrogen (secondary N) is 1. The standard InChI is InChI=1S/C23H23ClN2O3/c24-18-8-10-19(11-9-18)26-21(27)15-23(26,13-12-17-5-2-1-3-6-17)22(28)25-16-20-7-4-14-29-20/h1-3,5-6,8-13,20H,4,7,14-16H2,(H,25,28)/b13-12+/t20-,23-/m1/s1. The van der Waals surface area contributed by atoms with Crippen LogP contribution in [0.25, 0.3) is 6.08 Å². The van der Waals surface area contributed by atoms with Gasteiger partial charge in [-0.2, -0.15) is 0 Å². The summed E-state index contributed by atoms with van der Waals surface area (Å²) in [5.74, 6) is -0.299. The number of rotatable bonds is 6. The average Bonchev–Trinajstić information content (AvgIpc) is 3.25. The number of hydrogen-bond donors (Lipinski definition) is 1. The number of ether oxygens (including phenoxy) is 1. The molecule has 0 spiro atoms. The molecule has 2 heterocycles. The molecule has 2 aliphatic heterocycles. The van der Waals surface area contributed by atoms with Crippen LogP contribution in [0.5, 0.6) is 0 Å². The number of halogens is 1. The van der Waals surface area contributed by atoms with E-state index in [9.17, 15) is 9.59 Å². The van der Waals surface area contributed by atoms with Crippen molar-refractivity contribution in [1.82, 2.24) is 5.32 Å². The highest BCUT2D eigenvalue weighted by Crippen LogP contribution is 2.39. The quantitative estimate of drug-likeness (QED) is 0.736. The smallest absolute Gasteiger partial charge is 0.251 e. The molecule has 2 atom stereocenters. The van der Waals surface area contributed by atoms with Gasteiger partial charge in [0, 0.05) is 23.9 Å². The summed E-state index contributed by atoms with van der Waals surface area (Å²) in [6, 6.07) is 16.7. The second-order valence-corrected chi connectivity index (χ2v) is 7.83. The van der Waals surface area contributed by atoms with E-state index in [4.69, 9.17) is 16.3 Å². The van der Waals surface area contributed by atoms with Crippen LogP contribution in [-0.2, 0) is 14.3 Å². The number of carbonyl (C=O) groups excluding carboxylic acids is 2. The summed E-state index contributed by atoms with van der Waals surface area (Å²) in [6.07, 6.45) is 5.82. The van der Waals surface area contributed by atoms with Crippen molar-refractivity contribution >= 4 is 35.2 Å². The molecule has 4 rings (SSSR count). The molecule has 0 aliphatic carbocycles. The van der Waals surface area contributed by atoms with Crippen LogP contribution in [0.1, 0.15) is 24.8 Å². The van der Waals surface area contributed by atoms with Crippen molar-refractivity contribution in [1.29, 1.82) is 0 Å². The van der Waals surface area contributed by atoms with E-state index in [1.165, 1.54) is 0 Å². The summed E-state index contributed by atoms with van der Waals surface area (Å²) in [4.78, 5) is 27.4. The van der Waals surface area contributed by atoms with Gasteiger partial charge in [0.05, 0.1) is 12.5 Å². The molecule has 2 fully saturated rings. The van der Waals surface area contributed by atoms with E-state index in [1.807, 2.05) is 42.5 Å². The molecule has 0 bridgehead atoms. The van der Waals surface area contributed by atoms with Crippen LogP contribution in [0.4, 0.5) is 5.69 Å². The van der Waals surface area contributed by atoms with Crippen molar-refractivity contribution < 1.29 is 14.3 Å². The van der Waals surface area contributed by atoms with Gasteiger partial charge in [-0.25, -0.2) is 0 Å². The van der Waals surface area contributed by atoms with E-state index in [0.717, 1.165) is 25.0 Å². The molecule has 2 saturated heterocycles. The topological polar surface area (TPSA) is 58.6 Å². The zero-order valence-electron chi connectivity index (χ0n) is 16.0. The van der Waals surface area contributed by atoms with Crippen molar-refractivity contribution in [2.75, 3.05) is 18.1 Å². The van der Waals surface area contributed by atoms with Gasteiger partial charge in [-0.3, -0.25) is 14.5 Å². The molecule has 2 aromatic carbocycles. The fourth-order valence-corrected chi connectivity index (χ4v) is 3.96. The predicted octanol–water partition coefficient (Wildman–Crippen LogP) is 3.82. The Hall–Kier alpha value is -2.63. The van der Waals surface area contributed by atoms with E-state index in [-0.39, 0.29) is 24.3 Å². The van der Waals surface area contributed by atoms with E-state index in [2.05, 4.69) is 5.32 Å². The first kappa shape index (κ1) is 19.7. The molecular formula is C23H23ClN2O3. The molecule has 2 aromatic rings. The highest BCUT2D eigenvalue weighted by Gasteiger charge is 2.55. The Morgan fingerprint density at radius 2 is 1.97 bits per heavy atom. The van der Waals surface area contributed by atoms with Crippen LogP contribution >= 0.6 is 11.6 Å². The fraction of sp³-hybridized carbons (Fsp3) is 0.304. The molecule has 0 radical (unpaired) electrons. The predicted molar refractivity (Wildman–Crippen MR) is 114 cm³/mol. The molecule has 2 amide bonds. The Bertz CT molecular complexity index is 907. The Morgan fingerprint density at radius 1 is 1.21 bits per heavy atom. The number of β-lactam (4-membered cyclic amide) rings is 1. The lowest BCUT2D eigenvalue weighted by Crippen LogP contribution is -2.70. The van der Waals surface area contributed by atoms with E-state index < -0.39 is 5.54 Å². The van der Waals surface area contributed by atoms with Crippen molar-refractivity contribution in [3.63, 3.8) is 0 Å². The van der Waals surface area contributed by atoms with Crippen molar-refractivity contribution in [2.24, 2.45) is 0 Å². The maximum absolute atomic E-state index is 13.3. The van der Waals surface area contributed by atoms with Gasteiger partial charge in [0.2, 0.25) is 5.91 Å². The number of carbonyl (C=O) groups is 2. The lowest BCUT2D eigenvalue weighted by Gasteiger charge is -2.48. The molecule has 0 unspecified atom stereocenters. The molecule has 5 nitrogen and oxygen atoms in total. The van der Waals surface area contributed by atoms with Crippen molar-refractivity contribution in [3.05, 3.63) is 71.3 Å². The van der Waals surface area contributed by atoms with Crippen LogP contribution in [0.2, 0.25) is 5.02 Å². The number of benzene rings is 2. The zero-order chi connectivity index (χ0) is 20.3. The molecule has 2 aliphatic rings. The fourth-order valence-electron chi connectivity index (χ4n) is 3.84. The van der Waals surface area contributed by atoms with Gasteiger partial charge in [0.15, 0.2) is 5.54 Å². The molecule has 150 valence electrons. The number of hydrogen-bond acceptors (Lipinski definition) is 3. The first-order valence-corrected chi connectivity index (χ1v) is 10.2. The van der Waals surface area contributed by atoms with E-state index in [1.54, 1.807) is 29.2 Å². The molecule has 0 aromatic heterocycles. The maximum Gasteiger partial charge on any atom is 0.251 e. The number of anilines is 1. The molecule has 6 heteroatoms. The van der Waals surface area contributed by atoms with Crippen LogP contribution in [0.15, 0.2) is 60.7 Å². The monoisotopic (exact) mass is 410 g/mol. The molecule has 29 heavy (non-hydrogen) atoms. The van der Waals surface area contributed by atoms with E-state index in [0.29, 0.717) is 17.3 Å². The molecule has 1 N–H and O–H groups in total. The highest BCUT2D eigenvalue weighted by atomic mass is 35.5. The lowest BCUT2D eigenvalue weighted by atomic mass is 9.81. The van der Waals surface area contributed by atoms with Crippen molar-refractivity contribution in [2.45, 2.75) is 30.9 Å². The second-order valence-electron chi connectivity index (χ2n) is 7.40. The Kier molecular flexibility index (Phi) is 5.69. The number of amides is 2. The van der Waals surface area contributed by atoms with Gasteiger partial charge in [-0.15, -0.1) is 0 Å². The molecule has 0 saturated carbocycles. The minimum atomic E-state index is -1.07. The third-order valence-corrected chi connectivity index (χ3v) is 5.66.